The quantitative estimate of drug-likeness (QED) is 0.385. The van der Waals surface area contributed by atoms with E-state index in [-0.39, 0.29) is 5.82 Å². The fourth-order valence-electron chi connectivity index (χ4n) is 4.25. The maximum absolute atomic E-state index is 13.5. The molecule has 0 bridgehead atoms. The molecular weight excluding hydrogens is 421 g/mol. The lowest BCUT2D eigenvalue weighted by Gasteiger charge is -2.21. The van der Waals surface area contributed by atoms with E-state index < -0.39 is 0 Å². The zero-order valence-corrected chi connectivity index (χ0v) is 17.9. The largest absolute Gasteiger partial charge is 0.497 e. The highest BCUT2D eigenvalue weighted by Gasteiger charge is 2.23. The van der Waals surface area contributed by atoms with Crippen LogP contribution >= 0.6 is 0 Å². The van der Waals surface area contributed by atoms with Gasteiger partial charge in [-0.2, -0.15) is 0 Å². The van der Waals surface area contributed by atoms with Crippen molar-refractivity contribution in [2.75, 3.05) is 20.3 Å². The number of pyridine rings is 1. The second-order valence-corrected chi connectivity index (χ2v) is 7.94. The molecule has 0 fully saturated rings. The van der Waals surface area contributed by atoms with Gasteiger partial charge >= 0.3 is 0 Å². The maximum Gasteiger partial charge on any atom is 0.163 e. The lowest BCUT2D eigenvalue weighted by Crippen LogP contribution is -2.15. The number of hydrogen-bond acceptors (Lipinski definition) is 5. The molecule has 0 spiro atoms. The van der Waals surface area contributed by atoms with E-state index in [0.29, 0.717) is 31.3 Å². The van der Waals surface area contributed by atoms with Crippen LogP contribution in [0.5, 0.6) is 17.2 Å². The second kappa shape index (κ2) is 7.78. The molecule has 7 heteroatoms. The molecule has 0 radical (unpaired) electrons. The van der Waals surface area contributed by atoms with Gasteiger partial charge < -0.3 is 18.8 Å². The van der Waals surface area contributed by atoms with Gasteiger partial charge in [0.05, 0.1) is 12.6 Å². The molecular formula is C26H20FN3O3. The van der Waals surface area contributed by atoms with E-state index >= 15 is 0 Å². The third-order valence-electron chi connectivity index (χ3n) is 5.90. The number of rotatable bonds is 4. The standard InChI is InChI=1S/C26H20FN3O3/c1-31-19-8-4-17(5-9-19)25-21-15-30(14-16-2-6-18(27)7-3-16)22-13-24-23(32-10-11-33-24)12-20(22)26(21)29-28-25/h2-9,12-13,15H,10-11,14H2,1H3. The van der Waals surface area contributed by atoms with Crippen LogP contribution in [0.25, 0.3) is 33.4 Å². The van der Waals surface area contributed by atoms with Crippen LogP contribution in [-0.2, 0) is 6.54 Å². The minimum atomic E-state index is -0.255. The van der Waals surface area contributed by atoms with Crippen LogP contribution in [0.1, 0.15) is 5.56 Å². The van der Waals surface area contributed by atoms with Gasteiger partial charge in [-0.3, -0.25) is 0 Å². The number of ether oxygens (including phenoxy) is 3. The van der Waals surface area contributed by atoms with Crippen LogP contribution < -0.4 is 14.2 Å². The number of fused-ring (bicyclic) bond motifs is 4. The Hall–Kier alpha value is -4.13. The van der Waals surface area contributed by atoms with E-state index in [2.05, 4.69) is 21.0 Å². The molecule has 6 nitrogen and oxygen atoms in total. The predicted molar refractivity (Wildman–Crippen MR) is 123 cm³/mol. The zero-order chi connectivity index (χ0) is 22.4. The van der Waals surface area contributed by atoms with E-state index in [0.717, 1.165) is 44.7 Å². The van der Waals surface area contributed by atoms with Crippen LogP contribution in [0.4, 0.5) is 4.39 Å². The third kappa shape index (κ3) is 3.42. The van der Waals surface area contributed by atoms with Gasteiger partial charge in [-0.25, -0.2) is 4.39 Å². The molecule has 3 aromatic carbocycles. The number of methoxy groups -OCH3 is 1. The fourth-order valence-corrected chi connectivity index (χ4v) is 4.25. The average Bonchev–Trinajstić information content (AvgIpc) is 3.28. The lowest BCUT2D eigenvalue weighted by atomic mass is 10.0. The van der Waals surface area contributed by atoms with Gasteiger partial charge in [0.2, 0.25) is 0 Å². The minimum absolute atomic E-state index is 0.255. The molecule has 6 rings (SSSR count). The summed E-state index contributed by atoms with van der Waals surface area (Å²) < 4.78 is 32.5. The van der Waals surface area contributed by atoms with Crippen molar-refractivity contribution in [3.8, 4) is 39.8 Å². The Morgan fingerprint density at radius 3 is 2.33 bits per heavy atom. The molecule has 0 unspecified atom stereocenters. The predicted octanol–water partition coefficient (Wildman–Crippen LogP) is 5.17. The summed E-state index contributed by atoms with van der Waals surface area (Å²) in [6.45, 7) is 1.57. The molecule has 164 valence electrons. The first-order valence-electron chi connectivity index (χ1n) is 10.7. The van der Waals surface area contributed by atoms with Gasteiger partial charge in [-0.1, -0.05) is 12.1 Å². The first-order chi connectivity index (χ1) is 16.2. The van der Waals surface area contributed by atoms with Crippen LogP contribution in [0.2, 0.25) is 0 Å². The van der Waals surface area contributed by atoms with Crippen molar-refractivity contribution < 1.29 is 18.6 Å². The molecule has 3 heterocycles. The molecule has 3 aliphatic heterocycles. The summed E-state index contributed by atoms with van der Waals surface area (Å²) in [7, 11) is 1.64. The molecule has 3 aliphatic rings. The highest BCUT2D eigenvalue weighted by molar-refractivity contribution is 5.99. The van der Waals surface area contributed by atoms with Crippen LogP contribution in [-0.4, -0.2) is 35.1 Å². The molecule has 3 aromatic rings. The molecule has 0 atom stereocenters. The Morgan fingerprint density at radius 2 is 1.61 bits per heavy atom. The van der Waals surface area contributed by atoms with E-state index in [1.807, 2.05) is 36.4 Å². The maximum atomic E-state index is 13.5. The lowest BCUT2D eigenvalue weighted by molar-refractivity contribution is 0.172. The van der Waals surface area contributed by atoms with Crippen molar-refractivity contribution in [2.24, 2.45) is 0 Å². The van der Waals surface area contributed by atoms with Crippen LogP contribution in [0.3, 0.4) is 0 Å². The third-order valence-corrected chi connectivity index (χ3v) is 5.90. The Kier molecular flexibility index (Phi) is 4.61. The summed E-state index contributed by atoms with van der Waals surface area (Å²) in [6, 6.07) is 18.3. The first kappa shape index (κ1) is 19.5. The summed E-state index contributed by atoms with van der Waals surface area (Å²) >= 11 is 0. The number of aromatic nitrogens is 3. The van der Waals surface area contributed by atoms with Crippen LogP contribution in [0, 0.1) is 5.82 Å². The average molecular weight is 441 g/mol. The smallest absolute Gasteiger partial charge is 0.163 e. The van der Waals surface area contributed by atoms with Crippen molar-refractivity contribution in [3.05, 3.63) is 78.2 Å². The number of halogens is 1. The normalized spacial score (nSPS) is 12.9. The number of hydrogen-bond donors (Lipinski definition) is 0. The number of benzene rings is 3. The number of nitrogens with zero attached hydrogens (tertiary/aromatic N) is 3. The van der Waals surface area contributed by atoms with Crippen molar-refractivity contribution in [1.29, 1.82) is 0 Å². The van der Waals surface area contributed by atoms with E-state index in [1.165, 1.54) is 12.1 Å². The van der Waals surface area contributed by atoms with Crippen molar-refractivity contribution in [1.82, 2.24) is 14.8 Å². The van der Waals surface area contributed by atoms with Crippen molar-refractivity contribution in [2.45, 2.75) is 6.54 Å². The summed E-state index contributed by atoms with van der Waals surface area (Å²) in [5.74, 6) is 1.93. The molecule has 0 amide bonds. The Bertz CT molecular complexity index is 1430. The highest BCUT2D eigenvalue weighted by Crippen LogP contribution is 2.42. The molecule has 0 aromatic heterocycles. The Labute approximate surface area is 189 Å². The van der Waals surface area contributed by atoms with E-state index in [9.17, 15) is 4.39 Å². The van der Waals surface area contributed by atoms with Gasteiger partial charge in [0.1, 0.15) is 36.2 Å². The molecule has 0 saturated carbocycles. The van der Waals surface area contributed by atoms with Gasteiger partial charge in [0.15, 0.2) is 11.5 Å². The topological polar surface area (TPSA) is 58.4 Å². The molecule has 33 heavy (non-hydrogen) atoms. The molecule has 0 N–H and O–H groups in total. The summed E-state index contributed by atoms with van der Waals surface area (Å²) in [6.07, 6.45) is 2.05. The van der Waals surface area contributed by atoms with Gasteiger partial charge in [-0.05, 0) is 48.0 Å². The Balaban J connectivity index is 1.56. The van der Waals surface area contributed by atoms with Crippen molar-refractivity contribution >= 4 is 10.9 Å². The molecule has 0 aliphatic carbocycles. The van der Waals surface area contributed by atoms with Crippen LogP contribution in [0.15, 0.2) is 66.9 Å². The fraction of sp³-hybridized carbons (Fsp3) is 0.154. The SMILES string of the molecule is COc1ccc(-c2nnc3c4cc5c(cc4n(Cc4ccc(F)cc4)cc2-3)OCCO5)cc1. The summed E-state index contributed by atoms with van der Waals surface area (Å²) in [5, 5.41) is 9.97. The molecule has 0 saturated heterocycles. The van der Waals surface area contributed by atoms with Crippen molar-refractivity contribution in [3.63, 3.8) is 0 Å². The van der Waals surface area contributed by atoms with E-state index in [1.54, 1.807) is 19.2 Å². The monoisotopic (exact) mass is 441 g/mol. The first-order valence-corrected chi connectivity index (χ1v) is 10.7. The van der Waals surface area contributed by atoms with Gasteiger partial charge in [0.25, 0.3) is 0 Å². The minimum Gasteiger partial charge on any atom is -0.497 e. The van der Waals surface area contributed by atoms with E-state index in [4.69, 9.17) is 14.2 Å². The van der Waals surface area contributed by atoms with Gasteiger partial charge in [-0.15, -0.1) is 10.2 Å². The highest BCUT2D eigenvalue weighted by atomic mass is 19.1. The zero-order valence-electron chi connectivity index (χ0n) is 17.9. The summed E-state index contributed by atoms with van der Waals surface area (Å²) in [4.78, 5) is 0. The summed E-state index contributed by atoms with van der Waals surface area (Å²) in [5.41, 5.74) is 5.38. The Morgan fingerprint density at radius 1 is 0.909 bits per heavy atom. The van der Waals surface area contributed by atoms with Gasteiger partial charge in [0, 0.05) is 35.3 Å². The second-order valence-electron chi connectivity index (χ2n) is 7.94.